The van der Waals surface area contributed by atoms with Gasteiger partial charge in [0.1, 0.15) is 10.7 Å². The first-order valence-corrected chi connectivity index (χ1v) is 8.25. The van der Waals surface area contributed by atoms with Crippen molar-refractivity contribution in [3.63, 3.8) is 0 Å². The standard InChI is InChI=1S/C16H21N3O2S/c1-4-21-9-13(11(2)3)18-15(20)14-10-22-16(19-14)12-7-5-6-8-17-12/h5-8,10-11,13H,4,9H2,1-3H3,(H,18,20). The monoisotopic (exact) mass is 319 g/mol. The summed E-state index contributed by atoms with van der Waals surface area (Å²) in [7, 11) is 0. The Labute approximate surface area is 134 Å². The highest BCUT2D eigenvalue weighted by atomic mass is 32.1. The lowest BCUT2D eigenvalue weighted by Gasteiger charge is -2.21. The zero-order chi connectivity index (χ0) is 15.9. The third kappa shape index (κ3) is 4.35. The fourth-order valence-electron chi connectivity index (χ4n) is 1.87. The average molecular weight is 319 g/mol. The Bertz CT molecular complexity index is 598. The highest BCUT2D eigenvalue weighted by Crippen LogP contribution is 2.21. The Morgan fingerprint density at radius 2 is 2.23 bits per heavy atom. The fourth-order valence-corrected chi connectivity index (χ4v) is 2.65. The average Bonchev–Trinajstić information content (AvgIpc) is 3.02. The van der Waals surface area contributed by atoms with Crippen molar-refractivity contribution >= 4 is 17.2 Å². The molecule has 2 aromatic rings. The SMILES string of the molecule is CCOCC(NC(=O)c1csc(-c2ccccn2)n1)C(C)C. The maximum atomic E-state index is 12.3. The van der Waals surface area contributed by atoms with Crippen molar-refractivity contribution in [2.24, 2.45) is 5.92 Å². The van der Waals surface area contributed by atoms with Crippen LogP contribution in [0.3, 0.4) is 0 Å². The van der Waals surface area contributed by atoms with Gasteiger partial charge in [-0.2, -0.15) is 0 Å². The van der Waals surface area contributed by atoms with Crippen LogP contribution in [0.4, 0.5) is 0 Å². The molecule has 0 aliphatic carbocycles. The lowest BCUT2D eigenvalue weighted by atomic mass is 10.1. The first-order chi connectivity index (χ1) is 10.6. The predicted octanol–water partition coefficient (Wildman–Crippen LogP) is 3.00. The minimum absolute atomic E-state index is 0.0209. The zero-order valence-corrected chi connectivity index (χ0v) is 13.9. The fraction of sp³-hybridized carbons (Fsp3) is 0.438. The van der Waals surface area contributed by atoms with Gasteiger partial charge < -0.3 is 10.1 Å². The van der Waals surface area contributed by atoms with Crippen LogP contribution in [0.15, 0.2) is 29.8 Å². The number of pyridine rings is 1. The molecule has 0 aromatic carbocycles. The summed E-state index contributed by atoms with van der Waals surface area (Å²) in [5, 5.41) is 5.50. The van der Waals surface area contributed by atoms with Crippen LogP contribution < -0.4 is 5.32 Å². The van der Waals surface area contributed by atoms with E-state index in [1.54, 1.807) is 11.6 Å². The maximum absolute atomic E-state index is 12.3. The Morgan fingerprint density at radius 3 is 2.86 bits per heavy atom. The highest BCUT2D eigenvalue weighted by Gasteiger charge is 2.19. The van der Waals surface area contributed by atoms with Gasteiger partial charge in [0, 0.05) is 18.2 Å². The molecule has 0 fully saturated rings. The summed E-state index contributed by atoms with van der Waals surface area (Å²) in [5.74, 6) is 0.126. The largest absolute Gasteiger partial charge is 0.380 e. The Morgan fingerprint density at radius 1 is 1.41 bits per heavy atom. The molecule has 22 heavy (non-hydrogen) atoms. The molecule has 0 saturated carbocycles. The van der Waals surface area contributed by atoms with Crippen molar-refractivity contribution in [2.75, 3.05) is 13.2 Å². The molecule has 0 aliphatic rings. The number of aromatic nitrogens is 2. The van der Waals surface area contributed by atoms with Crippen molar-refractivity contribution in [3.05, 3.63) is 35.5 Å². The molecule has 6 heteroatoms. The van der Waals surface area contributed by atoms with Crippen molar-refractivity contribution in [2.45, 2.75) is 26.8 Å². The van der Waals surface area contributed by atoms with Gasteiger partial charge in [0.05, 0.1) is 18.3 Å². The summed E-state index contributed by atoms with van der Waals surface area (Å²) in [5.41, 5.74) is 1.20. The molecule has 118 valence electrons. The van der Waals surface area contributed by atoms with Crippen LogP contribution in [0.2, 0.25) is 0 Å². The Hall–Kier alpha value is -1.79. The number of nitrogens with one attached hydrogen (secondary N) is 1. The molecule has 0 saturated heterocycles. The highest BCUT2D eigenvalue weighted by molar-refractivity contribution is 7.13. The molecule has 2 aromatic heterocycles. The number of rotatable bonds is 7. The third-order valence-electron chi connectivity index (χ3n) is 3.24. The van der Waals surface area contributed by atoms with E-state index in [2.05, 4.69) is 29.1 Å². The van der Waals surface area contributed by atoms with Crippen LogP contribution in [-0.2, 0) is 4.74 Å². The normalized spacial score (nSPS) is 12.4. The van der Waals surface area contributed by atoms with Crippen LogP contribution in [0.25, 0.3) is 10.7 Å². The van der Waals surface area contributed by atoms with Gasteiger partial charge in [0.25, 0.3) is 5.91 Å². The van der Waals surface area contributed by atoms with E-state index in [4.69, 9.17) is 4.74 Å². The van der Waals surface area contributed by atoms with Gasteiger partial charge in [0.15, 0.2) is 0 Å². The number of thiazole rings is 1. The number of nitrogens with zero attached hydrogens (tertiary/aromatic N) is 2. The Balaban J connectivity index is 2.05. The van der Waals surface area contributed by atoms with Crippen LogP contribution in [0.5, 0.6) is 0 Å². The van der Waals surface area contributed by atoms with E-state index < -0.39 is 0 Å². The second-order valence-electron chi connectivity index (χ2n) is 5.24. The molecule has 1 N–H and O–H groups in total. The summed E-state index contributed by atoms with van der Waals surface area (Å²) in [4.78, 5) is 20.9. The summed E-state index contributed by atoms with van der Waals surface area (Å²) < 4.78 is 5.43. The summed E-state index contributed by atoms with van der Waals surface area (Å²) in [6.07, 6.45) is 1.72. The lowest BCUT2D eigenvalue weighted by Crippen LogP contribution is -2.42. The molecule has 2 rings (SSSR count). The predicted molar refractivity (Wildman–Crippen MR) is 87.9 cm³/mol. The lowest BCUT2D eigenvalue weighted by molar-refractivity contribution is 0.0802. The second kappa shape index (κ2) is 8.00. The van der Waals surface area contributed by atoms with Gasteiger partial charge in [-0.1, -0.05) is 19.9 Å². The van der Waals surface area contributed by atoms with Gasteiger partial charge >= 0.3 is 0 Å². The molecule has 0 radical (unpaired) electrons. The molecule has 1 unspecified atom stereocenters. The third-order valence-corrected chi connectivity index (χ3v) is 4.11. The van der Waals surface area contributed by atoms with Gasteiger partial charge in [-0.25, -0.2) is 4.98 Å². The molecule has 0 spiro atoms. The molecule has 1 atom stereocenters. The van der Waals surface area contributed by atoms with E-state index in [0.29, 0.717) is 24.8 Å². The minimum Gasteiger partial charge on any atom is -0.380 e. The summed E-state index contributed by atoms with van der Waals surface area (Å²) >= 11 is 1.42. The van der Waals surface area contributed by atoms with E-state index in [-0.39, 0.29) is 11.9 Å². The van der Waals surface area contributed by atoms with Gasteiger partial charge in [-0.3, -0.25) is 9.78 Å². The van der Waals surface area contributed by atoms with Crippen LogP contribution >= 0.6 is 11.3 Å². The number of ether oxygens (including phenoxy) is 1. The number of hydrogen-bond acceptors (Lipinski definition) is 5. The molecular formula is C16H21N3O2S. The van der Waals surface area contributed by atoms with E-state index in [9.17, 15) is 4.79 Å². The van der Waals surface area contributed by atoms with Crippen LogP contribution in [0.1, 0.15) is 31.3 Å². The molecule has 1 amide bonds. The molecular weight excluding hydrogens is 298 g/mol. The van der Waals surface area contributed by atoms with E-state index in [1.165, 1.54) is 11.3 Å². The smallest absolute Gasteiger partial charge is 0.271 e. The minimum atomic E-state index is -0.170. The quantitative estimate of drug-likeness (QED) is 0.852. The second-order valence-corrected chi connectivity index (χ2v) is 6.09. The number of carbonyl (C=O) groups is 1. The van der Waals surface area contributed by atoms with Crippen molar-refractivity contribution < 1.29 is 9.53 Å². The summed E-state index contributed by atoms with van der Waals surface area (Å²) in [6, 6.07) is 5.62. The first kappa shape index (κ1) is 16.6. The van der Waals surface area contributed by atoms with E-state index >= 15 is 0 Å². The van der Waals surface area contributed by atoms with E-state index in [0.717, 1.165) is 10.7 Å². The topological polar surface area (TPSA) is 64.1 Å². The van der Waals surface area contributed by atoms with Crippen LogP contribution in [0, 0.1) is 5.92 Å². The van der Waals surface area contributed by atoms with Gasteiger partial charge in [-0.15, -0.1) is 11.3 Å². The van der Waals surface area contributed by atoms with Crippen LogP contribution in [-0.4, -0.2) is 35.1 Å². The number of amides is 1. The summed E-state index contributed by atoms with van der Waals surface area (Å²) in [6.45, 7) is 7.21. The van der Waals surface area contributed by atoms with Gasteiger partial charge in [-0.05, 0) is 25.0 Å². The molecule has 2 heterocycles. The molecule has 5 nitrogen and oxygen atoms in total. The van der Waals surface area contributed by atoms with Crippen molar-refractivity contribution in [1.29, 1.82) is 0 Å². The van der Waals surface area contributed by atoms with E-state index in [1.807, 2.05) is 25.1 Å². The molecule has 0 aliphatic heterocycles. The van der Waals surface area contributed by atoms with Crippen molar-refractivity contribution in [1.82, 2.24) is 15.3 Å². The Kier molecular flexibility index (Phi) is 6.03. The number of hydrogen-bond donors (Lipinski definition) is 1. The van der Waals surface area contributed by atoms with Gasteiger partial charge in [0.2, 0.25) is 0 Å². The number of carbonyl (C=O) groups excluding carboxylic acids is 1. The zero-order valence-electron chi connectivity index (χ0n) is 13.1. The van der Waals surface area contributed by atoms with Crippen molar-refractivity contribution in [3.8, 4) is 10.7 Å². The first-order valence-electron chi connectivity index (χ1n) is 7.37. The molecule has 0 bridgehead atoms. The maximum Gasteiger partial charge on any atom is 0.271 e.